The topological polar surface area (TPSA) is 41.5 Å². The first-order valence-electron chi connectivity index (χ1n) is 8.68. The molecule has 0 fully saturated rings. The van der Waals surface area contributed by atoms with E-state index >= 15 is 0 Å². The summed E-state index contributed by atoms with van der Waals surface area (Å²) in [4.78, 5) is 0. The van der Waals surface area contributed by atoms with Crippen LogP contribution in [0.3, 0.4) is 0 Å². The van der Waals surface area contributed by atoms with Crippen LogP contribution in [0.1, 0.15) is 45.9 Å². The van der Waals surface area contributed by atoms with Gasteiger partial charge in [-0.2, -0.15) is 0 Å². The second-order valence-electron chi connectivity index (χ2n) is 6.93. The number of aliphatic hydroxyl groups excluding tert-OH is 1. The van der Waals surface area contributed by atoms with Crippen LogP contribution in [0.2, 0.25) is 0 Å². The molecular weight excluding hydrogens is 298 g/mol. The first kappa shape index (κ1) is 17.0. The minimum absolute atomic E-state index is 0.105. The van der Waals surface area contributed by atoms with Crippen molar-refractivity contribution in [2.45, 2.75) is 59.9 Å². The number of hydrogen-bond acceptors (Lipinski definition) is 3. The van der Waals surface area contributed by atoms with Crippen molar-refractivity contribution in [2.75, 3.05) is 0 Å². The summed E-state index contributed by atoms with van der Waals surface area (Å²) in [6.45, 7) is 10.2. The maximum atomic E-state index is 9.60. The van der Waals surface area contributed by atoms with E-state index in [0.29, 0.717) is 0 Å². The van der Waals surface area contributed by atoms with Gasteiger partial charge in [0.15, 0.2) is 0 Å². The SMILES string of the molecule is Cc1cc(C)c(CNCc2ccc3c(c2)C[C@@H](C)O3)c(C)c1CO. The van der Waals surface area contributed by atoms with Gasteiger partial charge in [-0.3, -0.25) is 0 Å². The fraction of sp³-hybridized carbons (Fsp3) is 0.429. The highest BCUT2D eigenvalue weighted by molar-refractivity contribution is 5.44. The fourth-order valence-electron chi connectivity index (χ4n) is 3.71. The molecule has 2 aromatic carbocycles. The van der Waals surface area contributed by atoms with Crippen LogP contribution in [0.4, 0.5) is 0 Å². The van der Waals surface area contributed by atoms with Crippen LogP contribution in [-0.2, 0) is 26.1 Å². The van der Waals surface area contributed by atoms with Gasteiger partial charge in [-0.15, -0.1) is 0 Å². The van der Waals surface area contributed by atoms with Gasteiger partial charge in [-0.05, 0) is 72.7 Å². The van der Waals surface area contributed by atoms with E-state index in [1.54, 1.807) is 0 Å². The molecule has 24 heavy (non-hydrogen) atoms. The van der Waals surface area contributed by atoms with Crippen LogP contribution >= 0.6 is 0 Å². The predicted octanol–water partition coefficient (Wildman–Crippen LogP) is 3.72. The summed E-state index contributed by atoms with van der Waals surface area (Å²) in [5.74, 6) is 1.03. The maximum absolute atomic E-state index is 9.60. The molecule has 1 atom stereocenters. The average Bonchev–Trinajstić information content (AvgIpc) is 2.90. The Morgan fingerprint density at radius 1 is 1.08 bits per heavy atom. The third-order valence-electron chi connectivity index (χ3n) is 5.04. The highest BCUT2D eigenvalue weighted by atomic mass is 16.5. The van der Waals surface area contributed by atoms with Crippen molar-refractivity contribution in [3.63, 3.8) is 0 Å². The Bertz CT molecular complexity index is 752. The molecule has 0 unspecified atom stereocenters. The molecule has 3 nitrogen and oxygen atoms in total. The molecule has 3 rings (SSSR count). The van der Waals surface area contributed by atoms with E-state index in [-0.39, 0.29) is 12.7 Å². The summed E-state index contributed by atoms with van der Waals surface area (Å²) < 4.78 is 5.76. The minimum Gasteiger partial charge on any atom is -0.490 e. The smallest absolute Gasteiger partial charge is 0.123 e. The zero-order valence-electron chi connectivity index (χ0n) is 15.1. The van der Waals surface area contributed by atoms with Gasteiger partial charge in [0.05, 0.1) is 6.61 Å². The second-order valence-corrected chi connectivity index (χ2v) is 6.93. The van der Waals surface area contributed by atoms with Gasteiger partial charge in [0, 0.05) is 19.5 Å². The van der Waals surface area contributed by atoms with Crippen molar-refractivity contribution < 1.29 is 9.84 Å². The van der Waals surface area contributed by atoms with Gasteiger partial charge < -0.3 is 15.2 Å². The Kier molecular flexibility index (Phi) is 4.93. The molecule has 0 bridgehead atoms. The maximum Gasteiger partial charge on any atom is 0.123 e. The average molecular weight is 325 g/mol. The highest BCUT2D eigenvalue weighted by Crippen LogP contribution is 2.29. The number of nitrogens with one attached hydrogen (secondary N) is 1. The summed E-state index contributed by atoms with van der Waals surface area (Å²) in [7, 11) is 0. The van der Waals surface area contributed by atoms with E-state index in [1.807, 2.05) is 0 Å². The molecule has 1 heterocycles. The Morgan fingerprint density at radius 2 is 1.83 bits per heavy atom. The molecule has 0 saturated heterocycles. The van der Waals surface area contributed by atoms with Gasteiger partial charge in [0.1, 0.15) is 11.9 Å². The normalized spacial score (nSPS) is 16.1. The molecule has 1 aliphatic rings. The van der Waals surface area contributed by atoms with Crippen LogP contribution in [0.25, 0.3) is 0 Å². The van der Waals surface area contributed by atoms with Gasteiger partial charge in [0.2, 0.25) is 0 Å². The van der Waals surface area contributed by atoms with E-state index in [0.717, 1.165) is 30.8 Å². The molecule has 0 saturated carbocycles. The number of benzene rings is 2. The molecule has 2 aromatic rings. The Labute approximate surface area is 144 Å². The van der Waals surface area contributed by atoms with Gasteiger partial charge in [0.25, 0.3) is 0 Å². The zero-order chi connectivity index (χ0) is 17.3. The van der Waals surface area contributed by atoms with Crippen LogP contribution in [0.15, 0.2) is 24.3 Å². The quantitative estimate of drug-likeness (QED) is 0.880. The van der Waals surface area contributed by atoms with E-state index in [2.05, 4.69) is 57.3 Å². The molecule has 0 aliphatic carbocycles. The summed E-state index contributed by atoms with van der Waals surface area (Å²) in [5.41, 5.74) is 8.61. The first-order valence-corrected chi connectivity index (χ1v) is 8.68. The molecule has 1 aliphatic heterocycles. The summed E-state index contributed by atoms with van der Waals surface area (Å²) in [6, 6.07) is 8.64. The van der Waals surface area contributed by atoms with Crippen LogP contribution < -0.4 is 10.1 Å². The number of hydrogen-bond donors (Lipinski definition) is 2. The minimum atomic E-state index is 0.105. The van der Waals surface area contributed by atoms with Crippen LogP contribution in [-0.4, -0.2) is 11.2 Å². The molecule has 0 aromatic heterocycles. The Morgan fingerprint density at radius 3 is 2.58 bits per heavy atom. The highest BCUT2D eigenvalue weighted by Gasteiger charge is 2.18. The van der Waals surface area contributed by atoms with E-state index in [9.17, 15) is 5.11 Å². The largest absolute Gasteiger partial charge is 0.490 e. The van der Waals surface area contributed by atoms with Crippen LogP contribution in [0.5, 0.6) is 5.75 Å². The van der Waals surface area contributed by atoms with Crippen molar-refractivity contribution >= 4 is 0 Å². The Hall–Kier alpha value is -1.84. The van der Waals surface area contributed by atoms with Crippen molar-refractivity contribution in [3.05, 3.63) is 63.2 Å². The number of aliphatic hydroxyl groups is 1. The molecule has 3 heteroatoms. The van der Waals surface area contributed by atoms with Crippen molar-refractivity contribution in [1.82, 2.24) is 5.32 Å². The molecule has 0 amide bonds. The molecule has 0 radical (unpaired) electrons. The number of fused-ring (bicyclic) bond motifs is 1. The summed E-state index contributed by atoms with van der Waals surface area (Å²) in [6.07, 6.45) is 1.29. The number of ether oxygens (including phenoxy) is 1. The van der Waals surface area contributed by atoms with Gasteiger partial charge >= 0.3 is 0 Å². The third-order valence-corrected chi connectivity index (χ3v) is 5.04. The van der Waals surface area contributed by atoms with Gasteiger partial charge in [-0.25, -0.2) is 0 Å². The van der Waals surface area contributed by atoms with Crippen molar-refractivity contribution in [2.24, 2.45) is 0 Å². The summed E-state index contributed by atoms with van der Waals surface area (Å²) >= 11 is 0. The number of aryl methyl sites for hydroxylation is 2. The molecule has 128 valence electrons. The van der Waals surface area contributed by atoms with E-state index < -0.39 is 0 Å². The van der Waals surface area contributed by atoms with Crippen LogP contribution in [0, 0.1) is 20.8 Å². The second kappa shape index (κ2) is 6.96. The van der Waals surface area contributed by atoms with Crippen molar-refractivity contribution in [1.29, 1.82) is 0 Å². The molecular formula is C21H27NO2. The van der Waals surface area contributed by atoms with Crippen molar-refractivity contribution in [3.8, 4) is 5.75 Å². The monoisotopic (exact) mass is 325 g/mol. The lowest BCUT2D eigenvalue weighted by atomic mass is 9.93. The lowest BCUT2D eigenvalue weighted by Gasteiger charge is -2.17. The van der Waals surface area contributed by atoms with E-state index in [4.69, 9.17) is 4.74 Å². The molecule has 0 spiro atoms. The van der Waals surface area contributed by atoms with E-state index in [1.165, 1.54) is 33.4 Å². The van der Waals surface area contributed by atoms with Gasteiger partial charge in [-0.1, -0.05) is 18.2 Å². The summed E-state index contributed by atoms with van der Waals surface area (Å²) in [5, 5.41) is 13.1. The predicted molar refractivity (Wildman–Crippen MR) is 97.4 cm³/mol. The lowest BCUT2D eigenvalue weighted by molar-refractivity contribution is 0.254. The lowest BCUT2D eigenvalue weighted by Crippen LogP contribution is -2.15. The zero-order valence-corrected chi connectivity index (χ0v) is 15.1. The fourth-order valence-corrected chi connectivity index (χ4v) is 3.71. The molecule has 2 N–H and O–H groups in total. The Balaban J connectivity index is 1.68. The number of rotatable bonds is 5. The third kappa shape index (κ3) is 3.33. The first-order chi connectivity index (χ1) is 11.5. The standard InChI is InChI=1S/C21H27NO2/c1-13-7-14(2)20(12-23)16(4)19(13)11-22-10-17-5-6-21-18(9-17)8-15(3)24-21/h5-7,9,15,22-23H,8,10-12H2,1-4H3/t15-/m1/s1.